The van der Waals surface area contributed by atoms with Crippen molar-refractivity contribution >= 4 is 5.91 Å². The van der Waals surface area contributed by atoms with E-state index in [0.717, 1.165) is 49.4 Å². The van der Waals surface area contributed by atoms with Crippen LogP contribution in [0.15, 0.2) is 29.8 Å². The maximum Gasteiger partial charge on any atom is 0.246 e. The lowest BCUT2D eigenvalue weighted by molar-refractivity contribution is -0.127. The Kier molecular flexibility index (Phi) is 4.36. The second-order valence-corrected chi connectivity index (χ2v) is 6.38. The van der Waals surface area contributed by atoms with Gasteiger partial charge >= 0.3 is 0 Å². The molecule has 22 heavy (non-hydrogen) atoms. The SMILES string of the molecule is CC(C)=CC(=O)N1CCC(Cc2ccc3c(c2)OCO3)CC1. The number of amides is 1. The van der Waals surface area contributed by atoms with E-state index in [1.165, 1.54) is 5.56 Å². The number of piperidine rings is 1. The minimum absolute atomic E-state index is 0.154. The van der Waals surface area contributed by atoms with Gasteiger partial charge in [0.15, 0.2) is 11.5 Å². The van der Waals surface area contributed by atoms with Crippen LogP contribution in [0.2, 0.25) is 0 Å². The highest BCUT2D eigenvalue weighted by Gasteiger charge is 2.22. The standard InChI is InChI=1S/C18H23NO3/c1-13(2)9-18(20)19-7-5-14(6-8-19)10-15-3-4-16-17(11-15)22-12-21-16/h3-4,9,11,14H,5-8,10,12H2,1-2H3. The monoisotopic (exact) mass is 301 g/mol. The van der Waals surface area contributed by atoms with Crippen LogP contribution in [-0.2, 0) is 11.2 Å². The molecule has 0 unspecified atom stereocenters. The van der Waals surface area contributed by atoms with Crippen molar-refractivity contribution in [2.24, 2.45) is 5.92 Å². The van der Waals surface area contributed by atoms with E-state index in [1.54, 1.807) is 6.08 Å². The van der Waals surface area contributed by atoms with E-state index in [1.807, 2.05) is 24.8 Å². The number of nitrogens with zero attached hydrogens (tertiary/aromatic N) is 1. The average Bonchev–Trinajstić information content (AvgIpc) is 2.95. The minimum Gasteiger partial charge on any atom is -0.454 e. The molecule has 0 saturated carbocycles. The maximum atomic E-state index is 12.0. The molecule has 0 aromatic heterocycles. The molecule has 118 valence electrons. The molecule has 0 radical (unpaired) electrons. The zero-order valence-corrected chi connectivity index (χ0v) is 13.3. The summed E-state index contributed by atoms with van der Waals surface area (Å²) in [5, 5.41) is 0. The van der Waals surface area contributed by atoms with E-state index in [2.05, 4.69) is 12.1 Å². The third-order valence-corrected chi connectivity index (χ3v) is 4.30. The molecule has 0 atom stereocenters. The summed E-state index contributed by atoms with van der Waals surface area (Å²) >= 11 is 0. The highest BCUT2D eigenvalue weighted by Crippen LogP contribution is 2.34. The van der Waals surface area contributed by atoms with Crippen LogP contribution in [0.5, 0.6) is 11.5 Å². The molecule has 2 aliphatic rings. The zero-order valence-electron chi connectivity index (χ0n) is 13.3. The van der Waals surface area contributed by atoms with Crippen molar-refractivity contribution in [3.05, 3.63) is 35.4 Å². The van der Waals surface area contributed by atoms with Gasteiger partial charge in [0.2, 0.25) is 12.7 Å². The van der Waals surface area contributed by atoms with Crippen LogP contribution < -0.4 is 9.47 Å². The van der Waals surface area contributed by atoms with Crippen LogP contribution in [0.1, 0.15) is 32.3 Å². The molecule has 1 fully saturated rings. The van der Waals surface area contributed by atoms with Gasteiger partial charge < -0.3 is 14.4 Å². The zero-order chi connectivity index (χ0) is 15.5. The summed E-state index contributed by atoms with van der Waals surface area (Å²) in [5.41, 5.74) is 2.35. The van der Waals surface area contributed by atoms with Crippen molar-refractivity contribution < 1.29 is 14.3 Å². The summed E-state index contributed by atoms with van der Waals surface area (Å²) in [6.45, 7) is 5.97. The second-order valence-electron chi connectivity index (χ2n) is 6.38. The number of benzene rings is 1. The van der Waals surface area contributed by atoms with Gasteiger partial charge in [-0.05, 0) is 56.7 Å². The lowest BCUT2D eigenvalue weighted by atomic mass is 9.90. The molecule has 1 aromatic rings. The predicted octanol–water partition coefficient (Wildman–Crippen LogP) is 3.16. The molecule has 3 rings (SSSR count). The first-order chi connectivity index (χ1) is 10.6. The Morgan fingerprint density at radius 2 is 1.95 bits per heavy atom. The van der Waals surface area contributed by atoms with E-state index in [0.29, 0.717) is 12.7 Å². The lowest BCUT2D eigenvalue weighted by Crippen LogP contribution is -2.38. The topological polar surface area (TPSA) is 38.8 Å². The molecule has 2 aliphatic heterocycles. The molecular weight excluding hydrogens is 278 g/mol. The van der Waals surface area contributed by atoms with E-state index in [4.69, 9.17) is 9.47 Å². The molecule has 1 aromatic carbocycles. The maximum absolute atomic E-state index is 12.0. The third-order valence-electron chi connectivity index (χ3n) is 4.30. The van der Waals surface area contributed by atoms with Gasteiger partial charge in [-0.15, -0.1) is 0 Å². The first-order valence-corrected chi connectivity index (χ1v) is 7.94. The molecule has 0 bridgehead atoms. The summed E-state index contributed by atoms with van der Waals surface area (Å²) < 4.78 is 10.8. The predicted molar refractivity (Wildman–Crippen MR) is 85.0 cm³/mol. The average molecular weight is 301 g/mol. The van der Waals surface area contributed by atoms with E-state index >= 15 is 0 Å². The first-order valence-electron chi connectivity index (χ1n) is 7.94. The van der Waals surface area contributed by atoms with Gasteiger partial charge in [-0.25, -0.2) is 0 Å². The quantitative estimate of drug-likeness (QED) is 0.805. The smallest absolute Gasteiger partial charge is 0.246 e. The molecular formula is C18H23NO3. The molecule has 1 saturated heterocycles. The van der Waals surface area contributed by atoms with Crippen molar-refractivity contribution in [1.29, 1.82) is 0 Å². The number of carbonyl (C=O) groups excluding carboxylic acids is 1. The lowest BCUT2D eigenvalue weighted by Gasteiger charge is -2.31. The van der Waals surface area contributed by atoms with Gasteiger partial charge in [0.05, 0.1) is 0 Å². The van der Waals surface area contributed by atoms with Crippen molar-refractivity contribution in [3.63, 3.8) is 0 Å². The summed E-state index contributed by atoms with van der Waals surface area (Å²) in [5.74, 6) is 2.48. The van der Waals surface area contributed by atoms with Gasteiger partial charge in [0.1, 0.15) is 0 Å². The van der Waals surface area contributed by atoms with Gasteiger partial charge in [-0.2, -0.15) is 0 Å². The molecule has 2 heterocycles. The first kappa shape index (κ1) is 14.9. The Hall–Kier alpha value is -1.97. The number of allylic oxidation sites excluding steroid dienone is 1. The number of ether oxygens (including phenoxy) is 2. The molecule has 1 amide bonds. The number of fused-ring (bicyclic) bond motifs is 1. The van der Waals surface area contributed by atoms with Crippen molar-refractivity contribution in [2.45, 2.75) is 33.1 Å². The molecule has 4 heteroatoms. The largest absolute Gasteiger partial charge is 0.454 e. The van der Waals surface area contributed by atoms with Crippen molar-refractivity contribution in [2.75, 3.05) is 19.9 Å². The van der Waals surface area contributed by atoms with Crippen LogP contribution in [0.25, 0.3) is 0 Å². The van der Waals surface area contributed by atoms with Crippen LogP contribution in [0.4, 0.5) is 0 Å². The van der Waals surface area contributed by atoms with Gasteiger partial charge in [0.25, 0.3) is 0 Å². The minimum atomic E-state index is 0.154. The van der Waals surface area contributed by atoms with Crippen LogP contribution >= 0.6 is 0 Å². The van der Waals surface area contributed by atoms with Crippen LogP contribution in [0, 0.1) is 5.92 Å². The normalized spacial score (nSPS) is 17.5. The van der Waals surface area contributed by atoms with Crippen molar-refractivity contribution in [1.82, 2.24) is 4.90 Å². The highest BCUT2D eigenvalue weighted by atomic mass is 16.7. The fourth-order valence-electron chi connectivity index (χ4n) is 3.10. The van der Waals surface area contributed by atoms with Crippen molar-refractivity contribution in [3.8, 4) is 11.5 Å². The Labute approximate surface area is 131 Å². The summed E-state index contributed by atoms with van der Waals surface area (Å²) in [7, 11) is 0. The Balaban J connectivity index is 1.54. The van der Waals surface area contributed by atoms with Gasteiger partial charge in [0, 0.05) is 19.2 Å². The van der Waals surface area contributed by atoms with Gasteiger partial charge in [-0.1, -0.05) is 11.6 Å². The summed E-state index contributed by atoms with van der Waals surface area (Å²) in [6, 6.07) is 6.20. The van der Waals surface area contributed by atoms with E-state index in [-0.39, 0.29) is 5.91 Å². The highest BCUT2D eigenvalue weighted by molar-refractivity contribution is 5.88. The Morgan fingerprint density at radius 1 is 1.23 bits per heavy atom. The fraction of sp³-hybridized carbons (Fsp3) is 0.500. The van der Waals surface area contributed by atoms with E-state index in [9.17, 15) is 4.79 Å². The molecule has 4 nitrogen and oxygen atoms in total. The summed E-state index contributed by atoms with van der Waals surface area (Å²) in [6.07, 6.45) is 4.91. The van der Waals surface area contributed by atoms with Crippen LogP contribution in [-0.4, -0.2) is 30.7 Å². The van der Waals surface area contributed by atoms with Crippen LogP contribution in [0.3, 0.4) is 0 Å². The number of likely N-dealkylation sites (tertiary alicyclic amines) is 1. The molecule has 0 N–H and O–H groups in total. The molecule has 0 aliphatic carbocycles. The number of rotatable bonds is 3. The number of carbonyl (C=O) groups is 1. The van der Waals surface area contributed by atoms with E-state index < -0.39 is 0 Å². The summed E-state index contributed by atoms with van der Waals surface area (Å²) in [4.78, 5) is 14.0. The number of hydrogen-bond acceptors (Lipinski definition) is 3. The third kappa shape index (κ3) is 3.43. The number of hydrogen-bond donors (Lipinski definition) is 0. The second kappa shape index (κ2) is 6.42. The van der Waals surface area contributed by atoms with Gasteiger partial charge in [-0.3, -0.25) is 4.79 Å². The fourth-order valence-corrected chi connectivity index (χ4v) is 3.10. The molecule has 0 spiro atoms. The Bertz CT molecular complexity index is 582. The Morgan fingerprint density at radius 3 is 2.68 bits per heavy atom.